The van der Waals surface area contributed by atoms with E-state index >= 15 is 0 Å². The molecule has 0 aliphatic rings. The number of aromatic nitrogens is 1. The molecule has 0 atom stereocenters. The summed E-state index contributed by atoms with van der Waals surface area (Å²) in [5.74, 6) is 0.604. The summed E-state index contributed by atoms with van der Waals surface area (Å²) in [6.45, 7) is 6.35. The molecule has 0 aliphatic heterocycles. The fraction of sp³-hybridized carbons (Fsp3) is 0.500. The summed E-state index contributed by atoms with van der Waals surface area (Å²) < 4.78 is 0.830. The molecule has 1 aromatic heterocycles. The van der Waals surface area contributed by atoms with Crippen molar-refractivity contribution in [2.24, 2.45) is 0 Å². The molecule has 6 heteroatoms. The van der Waals surface area contributed by atoms with Crippen molar-refractivity contribution in [1.82, 2.24) is 10.3 Å². The van der Waals surface area contributed by atoms with Crippen LogP contribution in [0.2, 0.25) is 0 Å². The number of amides is 1. The molecule has 0 saturated carbocycles. The molecular weight excluding hydrogens is 296 g/mol. The van der Waals surface area contributed by atoms with E-state index in [0.29, 0.717) is 24.5 Å². The van der Waals surface area contributed by atoms with Crippen LogP contribution in [0, 0.1) is 0 Å². The number of carbonyl (C=O) groups excluding carboxylic acids is 1. The zero-order valence-corrected chi connectivity index (χ0v) is 12.5. The Bertz CT molecular complexity index is 429. The van der Waals surface area contributed by atoms with Crippen molar-refractivity contribution in [3.63, 3.8) is 0 Å². The number of nitrogens with two attached hydrogens (primary N) is 1. The molecule has 0 aliphatic carbocycles. The first kappa shape index (κ1) is 14.8. The van der Waals surface area contributed by atoms with Crippen LogP contribution in [0.5, 0.6) is 0 Å². The van der Waals surface area contributed by atoms with E-state index < -0.39 is 0 Å². The normalized spacial score (nSPS) is 11.1. The second-order valence-corrected chi connectivity index (χ2v) is 5.98. The van der Waals surface area contributed by atoms with Gasteiger partial charge < -0.3 is 16.4 Å². The van der Waals surface area contributed by atoms with Crippen LogP contribution in [0.1, 0.15) is 27.2 Å². The second kappa shape index (κ2) is 6.04. The minimum Gasteiger partial charge on any atom is -0.396 e. The molecule has 0 unspecified atom stereocenters. The van der Waals surface area contributed by atoms with Crippen molar-refractivity contribution in [3.05, 3.63) is 16.7 Å². The van der Waals surface area contributed by atoms with Gasteiger partial charge in [0.1, 0.15) is 5.82 Å². The van der Waals surface area contributed by atoms with Gasteiger partial charge in [0.2, 0.25) is 5.91 Å². The molecule has 1 heterocycles. The third kappa shape index (κ3) is 5.35. The van der Waals surface area contributed by atoms with Crippen LogP contribution in [-0.4, -0.2) is 23.0 Å². The smallest absolute Gasteiger partial charge is 0.222 e. The fourth-order valence-corrected chi connectivity index (χ4v) is 1.73. The third-order valence-corrected chi connectivity index (χ3v) is 2.48. The van der Waals surface area contributed by atoms with E-state index in [1.165, 1.54) is 0 Å². The van der Waals surface area contributed by atoms with Gasteiger partial charge in [-0.1, -0.05) is 0 Å². The number of rotatable bonds is 4. The van der Waals surface area contributed by atoms with E-state index in [-0.39, 0.29) is 11.4 Å². The highest BCUT2D eigenvalue weighted by Crippen LogP contribution is 2.19. The van der Waals surface area contributed by atoms with Gasteiger partial charge >= 0.3 is 0 Å². The summed E-state index contributed by atoms with van der Waals surface area (Å²) in [6, 6.07) is 1.77. The van der Waals surface area contributed by atoms with Crippen LogP contribution in [-0.2, 0) is 4.79 Å². The van der Waals surface area contributed by atoms with Gasteiger partial charge in [-0.05, 0) is 42.8 Å². The van der Waals surface area contributed by atoms with Gasteiger partial charge in [0.05, 0.1) is 5.69 Å². The number of anilines is 2. The lowest BCUT2D eigenvalue weighted by atomic mass is 10.1. The maximum Gasteiger partial charge on any atom is 0.222 e. The topological polar surface area (TPSA) is 80.0 Å². The number of carbonyl (C=O) groups is 1. The Labute approximate surface area is 116 Å². The number of nitrogens with one attached hydrogen (secondary N) is 2. The van der Waals surface area contributed by atoms with Crippen LogP contribution in [0.15, 0.2) is 16.7 Å². The van der Waals surface area contributed by atoms with Crippen molar-refractivity contribution in [3.8, 4) is 0 Å². The monoisotopic (exact) mass is 314 g/mol. The summed E-state index contributed by atoms with van der Waals surface area (Å²) in [5.41, 5.74) is 6.14. The maximum absolute atomic E-state index is 11.6. The Morgan fingerprint density at radius 3 is 2.72 bits per heavy atom. The van der Waals surface area contributed by atoms with E-state index in [4.69, 9.17) is 5.73 Å². The van der Waals surface area contributed by atoms with Crippen LogP contribution in [0.4, 0.5) is 11.5 Å². The van der Waals surface area contributed by atoms with Crippen LogP contribution < -0.4 is 16.4 Å². The molecule has 0 spiro atoms. The number of hydrogen-bond acceptors (Lipinski definition) is 4. The molecule has 1 rings (SSSR count). The Balaban J connectivity index is 2.40. The second-order valence-electron chi connectivity index (χ2n) is 5.07. The Morgan fingerprint density at radius 1 is 1.50 bits per heavy atom. The molecule has 4 N–H and O–H groups in total. The molecule has 1 amide bonds. The highest BCUT2D eigenvalue weighted by atomic mass is 79.9. The van der Waals surface area contributed by atoms with E-state index in [9.17, 15) is 4.79 Å². The molecule has 0 fully saturated rings. The predicted octanol–water partition coefficient (Wildman–Crippen LogP) is 2.14. The minimum atomic E-state index is -0.202. The molecule has 1 aromatic rings. The van der Waals surface area contributed by atoms with Gasteiger partial charge in [-0.2, -0.15) is 0 Å². The lowest BCUT2D eigenvalue weighted by molar-refractivity contribution is -0.122. The van der Waals surface area contributed by atoms with Crippen LogP contribution in [0.25, 0.3) is 0 Å². The van der Waals surface area contributed by atoms with Crippen molar-refractivity contribution in [1.29, 1.82) is 0 Å². The first-order valence-electron chi connectivity index (χ1n) is 5.74. The first-order valence-corrected chi connectivity index (χ1v) is 6.53. The maximum atomic E-state index is 11.6. The minimum absolute atomic E-state index is 0.00526. The average molecular weight is 315 g/mol. The highest BCUT2D eigenvalue weighted by molar-refractivity contribution is 9.10. The molecule has 0 saturated heterocycles. The summed E-state index contributed by atoms with van der Waals surface area (Å²) in [7, 11) is 0. The highest BCUT2D eigenvalue weighted by Gasteiger charge is 2.13. The third-order valence-electron chi connectivity index (χ3n) is 2.04. The average Bonchev–Trinajstić information content (AvgIpc) is 2.18. The largest absolute Gasteiger partial charge is 0.396 e. The first-order chi connectivity index (χ1) is 8.28. The standard InChI is InChI=1S/C12H19BrN4O/c1-12(2,3)17-10(18)4-5-15-11-9(14)6-8(13)7-16-11/h6-7H,4-5,14H2,1-3H3,(H,15,16)(H,17,18). The van der Waals surface area contributed by atoms with E-state index in [2.05, 4.69) is 31.5 Å². The molecule has 100 valence electrons. The quantitative estimate of drug-likeness (QED) is 0.795. The SMILES string of the molecule is CC(C)(C)NC(=O)CCNc1ncc(Br)cc1N. The van der Waals surface area contributed by atoms with Crippen molar-refractivity contribution in [2.45, 2.75) is 32.7 Å². The van der Waals surface area contributed by atoms with Gasteiger partial charge in [-0.15, -0.1) is 0 Å². The predicted molar refractivity (Wildman–Crippen MR) is 77.4 cm³/mol. The number of nitrogens with zero attached hydrogens (tertiary/aromatic N) is 1. The Hall–Kier alpha value is -1.30. The summed E-state index contributed by atoms with van der Waals surface area (Å²) in [5, 5.41) is 5.93. The summed E-state index contributed by atoms with van der Waals surface area (Å²) in [6.07, 6.45) is 2.04. The number of hydrogen-bond donors (Lipinski definition) is 3. The van der Waals surface area contributed by atoms with Crippen molar-refractivity contribution >= 4 is 33.3 Å². The zero-order valence-electron chi connectivity index (χ0n) is 10.9. The number of pyridine rings is 1. The Morgan fingerprint density at radius 2 is 2.17 bits per heavy atom. The van der Waals surface area contributed by atoms with Crippen LogP contribution in [0.3, 0.4) is 0 Å². The molecule has 0 bridgehead atoms. The molecular formula is C12H19BrN4O. The number of nitrogen functional groups attached to an aromatic ring is 1. The zero-order chi connectivity index (χ0) is 13.8. The fourth-order valence-electron chi connectivity index (χ4n) is 1.38. The van der Waals surface area contributed by atoms with Gasteiger partial charge in [0, 0.05) is 29.2 Å². The van der Waals surface area contributed by atoms with Gasteiger partial charge in [-0.3, -0.25) is 4.79 Å². The van der Waals surface area contributed by atoms with E-state index in [1.807, 2.05) is 20.8 Å². The summed E-state index contributed by atoms with van der Waals surface area (Å²) >= 11 is 3.29. The molecule has 0 aromatic carbocycles. The van der Waals surface area contributed by atoms with Crippen molar-refractivity contribution in [2.75, 3.05) is 17.6 Å². The molecule has 5 nitrogen and oxygen atoms in total. The summed E-state index contributed by atoms with van der Waals surface area (Å²) in [4.78, 5) is 15.7. The lowest BCUT2D eigenvalue weighted by Gasteiger charge is -2.20. The van der Waals surface area contributed by atoms with Crippen LogP contribution >= 0.6 is 15.9 Å². The van der Waals surface area contributed by atoms with Gasteiger partial charge in [0.15, 0.2) is 0 Å². The van der Waals surface area contributed by atoms with E-state index in [0.717, 1.165) is 4.47 Å². The van der Waals surface area contributed by atoms with Gasteiger partial charge in [0.25, 0.3) is 0 Å². The number of halogens is 1. The molecule has 0 radical (unpaired) electrons. The van der Waals surface area contributed by atoms with Gasteiger partial charge in [-0.25, -0.2) is 4.98 Å². The lowest BCUT2D eigenvalue weighted by Crippen LogP contribution is -2.41. The van der Waals surface area contributed by atoms with Crippen molar-refractivity contribution < 1.29 is 4.79 Å². The van der Waals surface area contributed by atoms with E-state index in [1.54, 1.807) is 12.3 Å². The molecule has 18 heavy (non-hydrogen) atoms. The Kier molecular flexibility index (Phi) is 4.95.